The first-order valence-electron chi connectivity index (χ1n) is 7.99. The third kappa shape index (κ3) is 4.17. The third-order valence-corrected chi connectivity index (χ3v) is 4.49. The first-order valence-corrected chi connectivity index (χ1v) is 7.99. The number of ether oxygens (including phenoxy) is 1. The minimum absolute atomic E-state index is 0.0224. The van der Waals surface area contributed by atoms with Gasteiger partial charge in [-0.05, 0) is 19.3 Å². The van der Waals surface area contributed by atoms with Gasteiger partial charge in [0.2, 0.25) is 11.8 Å². The number of amides is 2. The van der Waals surface area contributed by atoms with Crippen molar-refractivity contribution in [1.82, 2.24) is 15.1 Å². The van der Waals surface area contributed by atoms with Crippen LogP contribution in [0.4, 0.5) is 0 Å². The second-order valence-corrected chi connectivity index (χ2v) is 5.84. The predicted molar refractivity (Wildman–Crippen MR) is 79.8 cm³/mol. The Bertz CT molecular complexity index is 367. The number of hydrogen-bond donors (Lipinski definition) is 1. The summed E-state index contributed by atoms with van der Waals surface area (Å²) in [6.07, 6.45) is 2.89. The zero-order valence-corrected chi connectivity index (χ0v) is 13.1. The molecule has 2 amide bonds. The molecule has 0 aromatic rings. The largest absolute Gasteiger partial charge is 0.377 e. The van der Waals surface area contributed by atoms with Gasteiger partial charge in [0.25, 0.3) is 0 Å². The molecule has 120 valence electrons. The number of nitrogens with zero attached hydrogens (tertiary/aromatic N) is 2. The van der Waals surface area contributed by atoms with Crippen molar-refractivity contribution in [2.45, 2.75) is 32.3 Å². The molecular weight excluding hydrogens is 270 g/mol. The van der Waals surface area contributed by atoms with Gasteiger partial charge in [-0.15, -0.1) is 0 Å². The number of piperazine rings is 1. The summed E-state index contributed by atoms with van der Waals surface area (Å²) >= 11 is 0. The van der Waals surface area contributed by atoms with Crippen molar-refractivity contribution in [3.05, 3.63) is 0 Å². The highest BCUT2D eigenvalue weighted by atomic mass is 16.5. The summed E-state index contributed by atoms with van der Waals surface area (Å²) in [4.78, 5) is 28.1. The quantitative estimate of drug-likeness (QED) is 0.798. The van der Waals surface area contributed by atoms with E-state index in [-0.39, 0.29) is 23.8 Å². The van der Waals surface area contributed by atoms with Gasteiger partial charge in [0.05, 0.1) is 18.6 Å². The molecule has 2 fully saturated rings. The molecule has 6 nitrogen and oxygen atoms in total. The second kappa shape index (κ2) is 7.75. The van der Waals surface area contributed by atoms with E-state index in [0.717, 1.165) is 39.0 Å². The molecule has 2 unspecified atom stereocenters. The lowest BCUT2D eigenvalue weighted by atomic mass is 9.91. The Balaban J connectivity index is 1.83. The maximum Gasteiger partial charge on any atom is 0.233 e. The van der Waals surface area contributed by atoms with Gasteiger partial charge in [0.1, 0.15) is 0 Å². The fraction of sp³-hybridized carbons (Fsp3) is 0.867. The normalized spacial score (nSPS) is 27.4. The van der Waals surface area contributed by atoms with Crippen molar-refractivity contribution in [1.29, 1.82) is 0 Å². The molecular formula is C15H27N3O3. The van der Waals surface area contributed by atoms with Crippen LogP contribution in [-0.4, -0.2) is 74.1 Å². The molecule has 2 rings (SSSR count). The van der Waals surface area contributed by atoms with E-state index in [1.165, 1.54) is 0 Å². The molecule has 0 saturated carbocycles. The zero-order chi connectivity index (χ0) is 15.2. The van der Waals surface area contributed by atoms with Crippen molar-refractivity contribution in [3.8, 4) is 0 Å². The van der Waals surface area contributed by atoms with E-state index in [4.69, 9.17) is 4.74 Å². The minimum atomic E-state index is 0.0224. The number of likely N-dealkylation sites (N-methyl/N-ethyl adjacent to an activating group) is 1. The number of nitrogens with one attached hydrogen (secondary N) is 1. The summed E-state index contributed by atoms with van der Waals surface area (Å²) in [6.45, 7) is 6.24. The van der Waals surface area contributed by atoms with Gasteiger partial charge in [-0.2, -0.15) is 0 Å². The lowest BCUT2D eigenvalue weighted by Crippen LogP contribution is -2.53. The molecule has 0 aromatic carbocycles. The predicted octanol–water partition coefficient (Wildman–Crippen LogP) is 0.0818. The fourth-order valence-corrected chi connectivity index (χ4v) is 3.17. The van der Waals surface area contributed by atoms with Gasteiger partial charge in [0, 0.05) is 39.8 Å². The van der Waals surface area contributed by atoms with Gasteiger partial charge in [-0.25, -0.2) is 0 Å². The van der Waals surface area contributed by atoms with Crippen LogP contribution in [0.1, 0.15) is 26.2 Å². The molecule has 2 aliphatic rings. The second-order valence-electron chi connectivity index (χ2n) is 5.84. The topological polar surface area (TPSA) is 61.9 Å². The van der Waals surface area contributed by atoms with Crippen LogP contribution in [0.15, 0.2) is 0 Å². The Kier molecular flexibility index (Phi) is 5.99. The smallest absolute Gasteiger partial charge is 0.233 e. The van der Waals surface area contributed by atoms with Gasteiger partial charge in [0.15, 0.2) is 0 Å². The number of hydrogen-bond acceptors (Lipinski definition) is 4. The van der Waals surface area contributed by atoms with E-state index in [0.29, 0.717) is 19.6 Å². The van der Waals surface area contributed by atoms with Gasteiger partial charge < -0.3 is 15.0 Å². The summed E-state index contributed by atoms with van der Waals surface area (Å²) in [5, 5.41) is 2.63. The van der Waals surface area contributed by atoms with E-state index >= 15 is 0 Å². The van der Waals surface area contributed by atoms with Crippen LogP contribution < -0.4 is 5.32 Å². The first-order chi connectivity index (χ1) is 10.2. The molecule has 2 atom stereocenters. The highest BCUT2D eigenvalue weighted by molar-refractivity contribution is 5.80. The highest BCUT2D eigenvalue weighted by Crippen LogP contribution is 2.25. The molecule has 0 spiro atoms. The maximum absolute atomic E-state index is 12.7. The van der Waals surface area contributed by atoms with Crippen LogP contribution in [0.25, 0.3) is 0 Å². The van der Waals surface area contributed by atoms with Crippen LogP contribution in [0.3, 0.4) is 0 Å². The van der Waals surface area contributed by atoms with Crippen LogP contribution in [-0.2, 0) is 14.3 Å². The monoisotopic (exact) mass is 297 g/mol. The molecule has 21 heavy (non-hydrogen) atoms. The Morgan fingerprint density at radius 2 is 1.95 bits per heavy atom. The maximum atomic E-state index is 12.7. The Morgan fingerprint density at radius 3 is 2.57 bits per heavy atom. The molecule has 2 heterocycles. The molecule has 6 heteroatoms. The lowest BCUT2D eigenvalue weighted by Gasteiger charge is -2.38. The van der Waals surface area contributed by atoms with E-state index < -0.39 is 0 Å². The molecule has 0 aromatic heterocycles. The Hall–Kier alpha value is -1.14. The van der Waals surface area contributed by atoms with Crippen molar-refractivity contribution in [2.24, 2.45) is 5.92 Å². The SMILES string of the molecule is CCC1OCCCC1C(=O)N1CCN(CC(=O)NC)CC1. The number of rotatable bonds is 4. The summed E-state index contributed by atoms with van der Waals surface area (Å²) < 4.78 is 5.73. The van der Waals surface area contributed by atoms with Gasteiger partial charge in [-0.3, -0.25) is 14.5 Å². The van der Waals surface area contributed by atoms with Crippen LogP contribution in [0.2, 0.25) is 0 Å². The molecule has 0 bridgehead atoms. The average molecular weight is 297 g/mol. The van der Waals surface area contributed by atoms with E-state index in [1.807, 2.05) is 4.90 Å². The summed E-state index contributed by atoms with van der Waals surface area (Å²) in [5.41, 5.74) is 0. The third-order valence-electron chi connectivity index (χ3n) is 4.49. The van der Waals surface area contributed by atoms with Crippen molar-refractivity contribution in [2.75, 3.05) is 46.4 Å². The molecule has 1 N–H and O–H groups in total. The van der Waals surface area contributed by atoms with Crippen LogP contribution >= 0.6 is 0 Å². The Labute approximate surface area is 126 Å². The first kappa shape index (κ1) is 16.2. The van der Waals surface area contributed by atoms with Crippen molar-refractivity contribution < 1.29 is 14.3 Å². The number of carbonyl (C=O) groups is 2. The van der Waals surface area contributed by atoms with Crippen molar-refractivity contribution in [3.63, 3.8) is 0 Å². The van der Waals surface area contributed by atoms with E-state index in [9.17, 15) is 9.59 Å². The standard InChI is InChI=1S/C15H27N3O3/c1-3-13-12(5-4-10-21-13)15(20)18-8-6-17(7-9-18)11-14(19)16-2/h12-13H,3-11H2,1-2H3,(H,16,19). The Morgan fingerprint density at radius 1 is 1.24 bits per heavy atom. The fourth-order valence-electron chi connectivity index (χ4n) is 3.17. The van der Waals surface area contributed by atoms with Crippen LogP contribution in [0, 0.1) is 5.92 Å². The summed E-state index contributed by atoms with van der Waals surface area (Å²) in [7, 11) is 1.65. The molecule has 2 aliphatic heterocycles. The summed E-state index contributed by atoms with van der Waals surface area (Å²) in [6, 6.07) is 0. The average Bonchev–Trinajstić information content (AvgIpc) is 2.54. The van der Waals surface area contributed by atoms with Gasteiger partial charge in [-0.1, -0.05) is 6.92 Å². The van der Waals surface area contributed by atoms with Crippen molar-refractivity contribution >= 4 is 11.8 Å². The molecule has 0 aliphatic carbocycles. The highest BCUT2D eigenvalue weighted by Gasteiger charge is 2.34. The zero-order valence-electron chi connectivity index (χ0n) is 13.1. The van der Waals surface area contributed by atoms with E-state index in [1.54, 1.807) is 7.05 Å². The number of carbonyl (C=O) groups excluding carboxylic acids is 2. The van der Waals surface area contributed by atoms with Crippen LogP contribution in [0.5, 0.6) is 0 Å². The molecule has 0 radical (unpaired) electrons. The lowest BCUT2D eigenvalue weighted by molar-refractivity contribution is -0.147. The minimum Gasteiger partial charge on any atom is -0.377 e. The van der Waals surface area contributed by atoms with E-state index in [2.05, 4.69) is 17.1 Å². The summed E-state index contributed by atoms with van der Waals surface area (Å²) in [5.74, 6) is 0.289. The van der Waals surface area contributed by atoms with Gasteiger partial charge >= 0.3 is 0 Å². The molecule has 2 saturated heterocycles.